The molecular formula is C45H86NO13P. The summed E-state index contributed by atoms with van der Waals surface area (Å²) in [5.41, 5.74) is 0. The summed E-state index contributed by atoms with van der Waals surface area (Å²) in [4.78, 5) is 38.0. The SMILES string of the molecule is CCCCCCCC/C=C\CCCCCCCC(=O)OC[C@H](COP(=O)([O-])OC1C(O)C(O)C(O)[C@@H](O)C1O)OC(=O)CCCCCCC/C=C\CCCCCCCC.[NH4+]. The molecule has 0 radical (unpaired) electrons. The minimum atomic E-state index is -5.37. The topological polar surface area (TPSA) is 249 Å². The van der Waals surface area contributed by atoms with E-state index in [1.807, 2.05) is 0 Å². The second-order valence-electron chi connectivity index (χ2n) is 16.2. The number of carbonyl (C=O) groups is 2. The van der Waals surface area contributed by atoms with Crippen molar-refractivity contribution in [1.82, 2.24) is 6.15 Å². The van der Waals surface area contributed by atoms with E-state index in [1.54, 1.807) is 0 Å². The summed E-state index contributed by atoms with van der Waals surface area (Å²) in [5.74, 6) is -1.15. The van der Waals surface area contributed by atoms with Crippen molar-refractivity contribution in [3.05, 3.63) is 24.3 Å². The molecule has 0 heterocycles. The lowest BCUT2D eigenvalue weighted by Gasteiger charge is -2.43. The Morgan fingerprint density at radius 2 is 0.883 bits per heavy atom. The predicted molar refractivity (Wildman–Crippen MR) is 234 cm³/mol. The summed E-state index contributed by atoms with van der Waals surface area (Å²) >= 11 is 0. The van der Waals surface area contributed by atoms with Crippen LogP contribution in [0, 0.1) is 0 Å². The molecule has 1 fully saturated rings. The smallest absolute Gasteiger partial charge is 0.306 e. The van der Waals surface area contributed by atoms with Crippen molar-refractivity contribution in [1.29, 1.82) is 0 Å². The van der Waals surface area contributed by atoms with Crippen LogP contribution in [-0.2, 0) is 32.7 Å². The van der Waals surface area contributed by atoms with Crippen LogP contribution in [0.25, 0.3) is 0 Å². The van der Waals surface area contributed by atoms with E-state index in [1.165, 1.54) is 77.0 Å². The van der Waals surface area contributed by atoms with E-state index >= 15 is 0 Å². The number of allylic oxidation sites excluding steroid dienone is 4. The van der Waals surface area contributed by atoms with Crippen LogP contribution in [-0.4, -0.2) is 93.4 Å². The summed E-state index contributed by atoms with van der Waals surface area (Å²) < 4.78 is 33.1. The van der Waals surface area contributed by atoms with E-state index in [-0.39, 0.29) is 19.0 Å². The van der Waals surface area contributed by atoms with Gasteiger partial charge < -0.3 is 55.1 Å². The minimum absolute atomic E-state index is 0. The quantitative estimate of drug-likeness (QED) is 0.0147. The van der Waals surface area contributed by atoms with Gasteiger partial charge in [-0.05, 0) is 64.2 Å². The van der Waals surface area contributed by atoms with Crippen LogP contribution in [0.1, 0.15) is 194 Å². The number of hydrogen-bond acceptors (Lipinski definition) is 13. The zero-order valence-corrected chi connectivity index (χ0v) is 38.4. The van der Waals surface area contributed by atoms with Crippen molar-refractivity contribution < 1.29 is 63.1 Å². The summed E-state index contributed by atoms with van der Waals surface area (Å²) in [6.45, 7) is 3.18. The van der Waals surface area contributed by atoms with Gasteiger partial charge in [0.1, 0.15) is 43.2 Å². The number of phosphoric ester groups is 1. The molecule has 60 heavy (non-hydrogen) atoms. The van der Waals surface area contributed by atoms with Gasteiger partial charge in [0.15, 0.2) is 6.10 Å². The van der Waals surface area contributed by atoms with Gasteiger partial charge >= 0.3 is 11.9 Å². The highest BCUT2D eigenvalue weighted by molar-refractivity contribution is 7.45. The van der Waals surface area contributed by atoms with E-state index in [2.05, 4.69) is 38.2 Å². The Bertz CT molecular complexity index is 1140. The fourth-order valence-electron chi connectivity index (χ4n) is 6.97. The molecule has 6 unspecified atom stereocenters. The average Bonchev–Trinajstić information content (AvgIpc) is 3.21. The molecule has 1 saturated carbocycles. The third kappa shape index (κ3) is 29.6. The summed E-state index contributed by atoms with van der Waals surface area (Å²) in [6, 6.07) is 0. The highest BCUT2D eigenvalue weighted by atomic mass is 31.2. The van der Waals surface area contributed by atoms with Crippen molar-refractivity contribution in [2.75, 3.05) is 13.2 Å². The lowest BCUT2D eigenvalue weighted by atomic mass is 9.85. The molecular weight excluding hydrogens is 793 g/mol. The number of esters is 2. The van der Waals surface area contributed by atoms with Gasteiger partial charge in [-0.15, -0.1) is 0 Å². The van der Waals surface area contributed by atoms with Crippen molar-refractivity contribution in [2.24, 2.45) is 0 Å². The lowest BCUT2D eigenvalue weighted by Crippen LogP contribution is -2.64. The van der Waals surface area contributed by atoms with Gasteiger partial charge in [0.05, 0.1) is 6.61 Å². The zero-order chi connectivity index (χ0) is 43.6. The number of rotatable bonds is 38. The number of aliphatic hydroxyl groups excluding tert-OH is 5. The molecule has 354 valence electrons. The summed E-state index contributed by atoms with van der Waals surface area (Å²) in [7, 11) is -5.37. The molecule has 0 bridgehead atoms. The zero-order valence-electron chi connectivity index (χ0n) is 37.5. The molecule has 0 amide bonds. The van der Waals surface area contributed by atoms with Gasteiger partial charge in [0.2, 0.25) is 0 Å². The first-order valence-corrected chi connectivity index (χ1v) is 24.6. The van der Waals surface area contributed by atoms with E-state index in [4.69, 9.17) is 18.5 Å². The van der Waals surface area contributed by atoms with Crippen LogP contribution >= 0.6 is 7.82 Å². The van der Waals surface area contributed by atoms with Crippen molar-refractivity contribution in [2.45, 2.75) is 236 Å². The number of phosphoric acid groups is 1. The van der Waals surface area contributed by atoms with Crippen molar-refractivity contribution in [3.63, 3.8) is 0 Å². The van der Waals surface area contributed by atoms with Crippen LogP contribution in [0.2, 0.25) is 0 Å². The van der Waals surface area contributed by atoms with Gasteiger partial charge in [-0.3, -0.25) is 14.2 Å². The number of ether oxygens (including phenoxy) is 2. The molecule has 14 nitrogen and oxygen atoms in total. The average molecular weight is 880 g/mol. The lowest BCUT2D eigenvalue weighted by molar-refractivity contribution is -0.261. The van der Waals surface area contributed by atoms with Crippen molar-refractivity contribution >= 4 is 19.8 Å². The molecule has 1 aliphatic carbocycles. The molecule has 15 heteroatoms. The fourth-order valence-corrected chi connectivity index (χ4v) is 7.93. The Morgan fingerprint density at radius 3 is 1.30 bits per heavy atom. The Hall–Kier alpha value is -1.71. The molecule has 1 aliphatic rings. The molecule has 9 N–H and O–H groups in total. The van der Waals surface area contributed by atoms with E-state index < -0.39 is 75.7 Å². The molecule has 0 saturated heterocycles. The van der Waals surface area contributed by atoms with E-state index in [0.29, 0.717) is 12.8 Å². The largest absolute Gasteiger partial charge is 0.756 e. The maximum absolute atomic E-state index is 12.7. The standard InChI is InChI=1S/C45H83O13P.H3N/c1-3-5-7-9-11-13-15-17-19-21-23-25-27-29-31-33-38(46)55-35-37(36-56-59(53,54)58-45-43(51)41(49)40(48)42(50)44(45)52)57-39(47)34-32-30-28-26-24-22-20-18-16-14-12-10-8-6-4-2;/h17-20,37,40-45,48-52H,3-16,21-36H2,1-2H3,(H,53,54);1H3/b19-17-,20-18-;/t37-,40?,41-,42?,43?,44?,45?;/m1./s1. The minimum Gasteiger partial charge on any atom is -0.756 e. The Kier molecular flexibility index (Phi) is 36.7. The Labute approximate surface area is 362 Å². The number of quaternary nitrogens is 1. The molecule has 0 aromatic carbocycles. The predicted octanol–water partition coefficient (Wildman–Crippen LogP) is 8.58. The van der Waals surface area contributed by atoms with Crippen LogP contribution in [0.15, 0.2) is 24.3 Å². The Morgan fingerprint density at radius 1 is 0.533 bits per heavy atom. The first kappa shape index (κ1) is 58.3. The van der Waals surface area contributed by atoms with Gasteiger partial charge in [-0.2, -0.15) is 0 Å². The normalized spacial score (nSPS) is 22.1. The second kappa shape index (κ2) is 37.8. The summed E-state index contributed by atoms with van der Waals surface area (Å²) in [6.07, 6.45) is 24.7. The monoisotopic (exact) mass is 880 g/mol. The number of aliphatic hydroxyl groups is 5. The summed E-state index contributed by atoms with van der Waals surface area (Å²) in [5, 5.41) is 50.0. The van der Waals surface area contributed by atoms with Gasteiger partial charge in [-0.1, -0.05) is 141 Å². The number of hydrogen-bond donors (Lipinski definition) is 6. The highest BCUT2D eigenvalue weighted by Crippen LogP contribution is 2.43. The Balaban J connectivity index is 0.0000348. The van der Waals surface area contributed by atoms with Crippen LogP contribution in [0.5, 0.6) is 0 Å². The third-order valence-corrected chi connectivity index (χ3v) is 11.7. The highest BCUT2D eigenvalue weighted by Gasteiger charge is 2.50. The fraction of sp³-hybridized carbons (Fsp3) is 0.867. The number of carbonyl (C=O) groups excluding carboxylic acids is 2. The number of unbranched alkanes of at least 4 members (excludes halogenated alkanes) is 22. The van der Waals surface area contributed by atoms with Crippen molar-refractivity contribution in [3.8, 4) is 0 Å². The van der Waals surface area contributed by atoms with E-state index in [9.17, 15) is 44.6 Å². The third-order valence-electron chi connectivity index (χ3n) is 10.8. The molecule has 8 atom stereocenters. The first-order chi connectivity index (χ1) is 28.4. The maximum Gasteiger partial charge on any atom is 0.306 e. The second-order valence-corrected chi connectivity index (χ2v) is 17.6. The molecule has 0 aliphatic heterocycles. The van der Waals surface area contributed by atoms with Crippen LogP contribution < -0.4 is 11.0 Å². The van der Waals surface area contributed by atoms with Gasteiger partial charge in [0.25, 0.3) is 7.82 Å². The van der Waals surface area contributed by atoms with Gasteiger partial charge in [0, 0.05) is 12.8 Å². The van der Waals surface area contributed by atoms with E-state index in [0.717, 1.165) is 77.0 Å². The van der Waals surface area contributed by atoms with Crippen LogP contribution in [0.3, 0.4) is 0 Å². The molecule has 0 spiro atoms. The van der Waals surface area contributed by atoms with Gasteiger partial charge in [-0.25, -0.2) is 0 Å². The maximum atomic E-state index is 12.7. The first-order valence-electron chi connectivity index (χ1n) is 23.1. The molecule has 0 aromatic rings. The molecule has 1 rings (SSSR count). The van der Waals surface area contributed by atoms with Crippen LogP contribution in [0.4, 0.5) is 0 Å². The molecule has 0 aromatic heterocycles.